The van der Waals surface area contributed by atoms with Crippen molar-refractivity contribution in [3.8, 4) is 0 Å². The highest BCUT2D eigenvalue weighted by Crippen LogP contribution is 2.45. The molecule has 17 nitrogen and oxygen atoms in total. The van der Waals surface area contributed by atoms with E-state index in [1.54, 1.807) is 24.3 Å². The van der Waals surface area contributed by atoms with Crippen molar-refractivity contribution in [2.45, 2.75) is 277 Å². The zero-order chi connectivity index (χ0) is 78.9. The third kappa shape index (κ3) is 77.5. The second-order valence-electron chi connectivity index (χ2n) is 25.5. The third-order valence-corrected chi connectivity index (χ3v) is 17.4. The number of aliphatic hydroxyl groups excluding tert-OH is 1. The number of carbonyl (C=O) groups excluding carboxylic acids is 4. The minimum absolute atomic E-state index is 0.114. The number of hydrogen-bond acceptors (Lipinski definition) is 15. The molecule has 0 saturated carbocycles. The van der Waals surface area contributed by atoms with Crippen LogP contribution >= 0.6 is 15.6 Å². The van der Waals surface area contributed by atoms with Gasteiger partial charge in [-0.05, 0) is 154 Å². The van der Waals surface area contributed by atoms with E-state index in [1.165, 1.54) is 0 Å². The number of aliphatic hydroxyl groups is 1. The highest BCUT2D eigenvalue weighted by atomic mass is 31.2. The van der Waals surface area contributed by atoms with Gasteiger partial charge in [0.25, 0.3) is 0 Å². The molecule has 0 fully saturated rings. The summed E-state index contributed by atoms with van der Waals surface area (Å²) in [5, 5.41) is 10.6. The van der Waals surface area contributed by atoms with Crippen LogP contribution in [0.2, 0.25) is 0 Å². The lowest BCUT2D eigenvalue weighted by Crippen LogP contribution is -2.30. The Morgan fingerprint density at radius 1 is 0.269 bits per heavy atom. The lowest BCUT2D eigenvalue weighted by atomic mass is 10.1. The van der Waals surface area contributed by atoms with Gasteiger partial charge >= 0.3 is 39.5 Å². The Balaban J connectivity index is 5.53. The van der Waals surface area contributed by atoms with Crippen LogP contribution in [0.15, 0.2) is 219 Å². The fourth-order valence-electron chi connectivity index (χ4n) is 9.59. The second-order valence-corrected chi connectivity index (χ2v) is 28.4. The van der Waals surface area contributed by atoms with Crippen LogP contribution in [0.1, 0.15) is 259 Å². The third-order valence-electron chi connectivity index (χ3n) is 15.5. The monoisotopic (exact) mass is 1540 g/mol. The Morgan fingerprint density at radius 2 is 0.481 bits per heavy atom. The Bertz CT molecular complexity index is 2720. The molecule has 108 heavy (non-hydrogen) atoms. The summed E-state index contributed by atoms with van der Waals surface area (Å²) in [7, 11) is -10.1. The number of unbranched alkanes of at least 4 members (excludes halogenated alkanes) is 12. The maximum absolute atomic E-state index is 13.1. The number of allylic oxidation sites excluding steroid dienone is 34. The van der Waals surface area contributed by atoms with E-state index in [4.69, 9.17) is 37.0 Å². The SMILES string of the molecule is CC/C=C\C/C=C\C/C=C\C/C=C\C/C=C\CC(=O)OC(COC(=O)CCCCCCCC/C=C\C/C=C\C/C=C\C/C=C\CC)COP(=O)(O)OCC(O)COP(=O)(O)OCC(COC(=O)CCCCCCCC/C=C\C/C=C\C/C=C\C/C=C\CC)OC(=O)C/C=C\C/C=C\C/C=C\C/C=C\C/C=C\CC. The molecular formula is C89H138O17P2. The summed E-state index contributed by atoms with van der Waals surface area (Å²) >= 11 is 0. The standard InChI is InChI=1S/C89H138O17P2/c1-5-9-13-17-21-25-29-33-37-39-41-43-47-49-53-57-61-65-69-73-86(91)99-79-84(105-88(93)75-71-67-63-59-55-51-45-35-31-27-23-19-15-11-7-3)81-103-107(95,96)101-77-83(90)78-102-108(97,98)104-82-85(106-89(94)76-72-68-64-60-56-52-46-36-32-28-24-20-16-12-8-4)80-100-87(92)74-70-66-62-58-54-50-48-44-42-40-38-34-30-26-22-18-14-10-6-2/h9-16,21-28,33-38,41-46,55-56,59-60,67-68,71-72,83-85,90H,5-8,17-20,29-32,39-40,47-54,57-58,61-66,69-70,73-82H2,1-4H3,(H,95,96)(H,97,98)/b13-9-,14-10-,15-11-,16-12-,25-21-,26-22-,27-23-,28-24-,37-33-,38-34-,43-41-,44-42-,45-35-,46-36-,59-55-,60-56-,71-67-,72-68-. The number of hydrogen-bond donors (Lipinski definition) is 3. The summed E-state index contributed by atoms with van der Waals surface area (Å²) in [6.07, 6.45) is 99.8. The number of phosphoric acid groups is 2. The minimum Gasteiger partial charge on any atom is -0.462 e. The van der Waals surface area contributed by atoms with E-state index in [0.717, 1.165) is 180 Å². The Hall–Kier alpha value is -6.62. The van der Waals surface area contributed by atoms with E-state index in [9.17, 15) is 43.2 Å². The second kappa shape index (κ2) is 78.5. The van der Waals surface area contributed by atoms with Gasteiger partial charge in [-0.15, -0.1) is 0 Å². The van der Waals surface area contributed by atoms with Gasteiger partial charge in [-0.25, -0.2) is 9.13 Å². The van der Waals surface area contributed by atoms with Crippen LogP contribution in [0.4, 0.5) is 0 Å². The summed E-state index contributed by atoms with van der Waals surface area (Å²) in [6, 6.07) is 0. The topological polar surface area (TPSA) is 237 Å². The summed E-state index contributed by atoms with van der Waals surface area (Å²) in [5.74, 6) is -2.53. The first-order chi connectivity index (χ1) is 52.7. The molecule has 606 valence electrons. The number of ether oxygens (including phenoxy) is 4. The first-order valence-electron chi connectivity index (χ1n) is 40.0. The fourth-order valence-corrected chi connectivity index (χ4v) is 11.2. The van der Waals surface area contributed by atoms with Gasteiger partial charge in [-0.2, -0.15) is 0 Å². The molecule has 3 N–H and O–H groups in total. The molecule has 19 heteroatoms. The van der Waals surface area contributed by atoms with E-state index in [1.807, 2.05) is 24.3 Å². The zero-order valence-corrected chi connectivity index (χ0v) is 68.0. The minimum atomic E-state index is -5.03. The number of phosphoric ester groups is 2. The number of esters is 4. The fraction of sp³-hybridized carbons (Fsp3) is 0.551. The van der Waals surface area contributed by atoms with Crippen molar-refractivity contribution in [3.05, 3.63) is 219 Å². The van der Waals surface area contributed by atoms with Crippen molar-refractivity contribution < 1.29 is 80.2 Å². The average Bonchev–Trinajstić information content (AvgIpc) is 0.907. The van der Waals surface area contributed by atoms with Crippen LogP contribution in [-0.2, 0) is 65.4 Å². The van der Waals surface area contributed by atoms with Gasteiger partial charge in [-0.3, -0.25) is 37.3 Å². The van der Waals surface area contributed by atoms with E-state index < -0.39 is 97.5 Å². The Labute approximate surface area is 651 Å². The molecule has 0 bridgehead atoms. The van der Waals surface area contributed by atoms with Crippen molar-refractivity contribution >= 4 is 39.5 Å². The molecule has 0 radical (unpaired) electrons. The van der Waals surface area contributed by atoms with Gasteiger partial charge in [-0.1, -0.05) is 298 Å². The van der Waals surface area contributed by atoms with E-state index >= 15 is 0 Å². The van der Waals surface area contributed by atoms with Crippen molar-refractivity contribution in [3.63, 3.8) is 0 Å². The molecule has 0 aromatic heterocycles. The molecule has 4 unspecified atom stereocenters. The van der Waals surface area contributed by atoms with Crippen molar-refractivity contribution in [2.24, 2.45) is 0 Å². The highest BCUT2D eigenvalue weighted by Gasteiger charge is 2.30. The molecule has 0 aromatic rings. The largest absolute Gasteiger partial charge is 0.472 e. The molecule has 0 saturated heterocycles. The molecule has 0 aromatic carbocycles. The maximum Gasteiger partial charge on any atom is 0.472 e. The molecule has 0 heterocycles. The van der Waals surface area contributed by atoms with Gasteiger partial charge in [0.1, 0.15) is 19.3 Å². The first kappa shape index (κ1) is 101. The summed E-state index contributed by atoms with van der Waals surface area (Å²) < 4.78 is 68.3. The Kier molecular flexibility index (Phi) is 73.7. The maximum atomic E-state index is 13.1. The zero-order valence-electron chi connectivity index (χ0n) is 66.2. The smallest absolute Gasteiger partial charge is 0.462 e. The lowest BCUT2D eigenvalue weighted by molar-refractivity contribution is -0.160. The van der Waals surface area contributed by atoms with Gasteiger partial charge < -0.3 is 33.8 Å². The predicted octanol–water partition coefficient (Wildman–Crippen LogP) is 23.7. The number of rotatable bonds is 72. The predicted molar refractivity (Wildman–Crippen MR) is 445 cm³/mol. The van der Waals surface area contributed by atoms with Crippen LogP contribution in [0.25, 0.3) is 0 Å². The number of carbonyl (C=O) groups is 4. The summed E-state index contributed by atoms with van der Waals surface area (Å²) in [6.45, 7) is 4.12. The van der Waals surface area contributed by atoms with Gasteiger partial charge in [0.05, 0.1) is 39.3 Å². The lowest BCUT2D eigenvalue weighted by Gasteiger charge is -2.21. The average molecular weight is 1540 g/mol. The highest BCUT2D eigenvalue weighted by molar-refractivity contribution is 7.47. The van der Waals surface area contributed by atoms with Crippen molar-refractivity contribution in [1.29, 1.82) is 0 Å². The Morgan fingerprint density at radius 3 is 0.741 bits per heavy atom. The van der Waals surface area contributed by atoms with Crippen molar-refractivity contribution in [1.82, 2.24) is 0 Å². The van der Waals surface area contributed by atoms with E-state index in [-0.39, 0.29) is 25.7 Å². The molecule has 0 aliphatic carbocycles. The molecule has 0 amide bonds. The van der Waals surface area contributed by atoms with Gasteiger partial charge in [0, 0.05) is 12.8 Å². The van der Waals surface area contributed by atoms with Crippen LogP contribution in [-0.4, -0.2) is 96.7 Å². The molecule has 0 spiro atoms. The molecule has 4 atom stereocenters. The van der Waals surface area contributed by atoms with Crippen LogP contribution in [0, 0.1) is 0 Å². The van der Waals surface area contributed by atoms with Crippen LogP contribution in [0.3, 0.4) is 0 Å². The van der Waals surface area contributed by atoms with E-state index in [0.29, 0.717) is 25.7 Å². The van der Waals surface area contributed by atoms with Gasteiger partial charge in [0.15, 0.2) is 12.2 Å². The summed E-state index contributed by atoms with van der Waals surface area (Å²) in [4.78, 5) is 73.0. The molecule has 0 aliphatic rings. The van der Waals surface area contributed by atoms with Crippen LogP contribution < -0.4 is 0 Å². The van der Waals surface area contributed by atoms with Crippen molar-refractivity contribution in [2.75, 3.05) is 39.6 Å². The van der Waals surface area contributed by atoms with E-state index in [2.05, 4.69) is 198 Å². The molecule has 0 aliphatic heterocycles. The van der Waals surface area contributed by atoms with Crippen LogP contribution in [0.5, 0.6) is 0 Å². The summed E-state index contributed by atoms with van der Waals surface area (Å²) in [5.41, 5.74) is 0. The molecular weight excluding hydrogens is 1400 g/mol. The first-order valence-corrected chi connectivity index (χ1v) is 43.0. The van der Waals surface area contributed by atoms with Gasteiger partial charge in [0.2, 0.25) is 0 Å². The molecule has 0 rings (SSSR count). The quantitative estimate of drug-likeness (QED) is 0.0169. The normalized spacial score (nSPS) is 15.0.